The van der Waals surface area contributed by atoms with Gasteiger partial charge < -0.3 is 0 Å². The van der Waals surface area contributed by atoms with Crippen molar-refractivity contribution in [2.24, 2.45) is 5.92 Å². The Balaban J connectivity index is 1.98. The van der Waals surface area contributed by atoms with E-state index in [1.54, 1.807) is 6.20 Å². The van der Waals surface area contributed by atoms with E-state index in [4.69, 9.17) is 0 Å². The van der Waals surface area contributed by atoms with Gasteiger partial charge in [-0.1, -0.05) is 28.9 Å². The van der Waals surface area contributed by atoms with Gasteiger partial charge in [0.05, 0.1) is 0 Å². The second kappa shape index (κ2) is 5.64. The fourth-order valence-corrected chi connectivity index (χ4v) is 3.40. The molecule has 0 aromatic carbocycles. The largest absolute Gasteiger partial charge is 0.261 e. The van der Waals surface area contributed by atoms with Crippen molar-refractivity contribution < 1.29 is 8.78 Å². The van der Waals surface area contributed by atoms with Crippen LogP contribution in [-0.2, 0) is 0 Å². The van der Waals surface area contributed by atoms with Crippen LogP contribution in [0.1, 0.15) is 44.2 Å². The standard InChI is InChI=1S/C14H18BrF2N/c1-10(12-4-2-3-9-18-12)13(15)11-5-7-14(16,17)8-6-11/h2-4,9-11,13H,5-8H2,1H3. The summed E-state index contributed by atoms with van der Waals surface area (Å²) in [4.78, 5) is 4.57. The average Bonchev–Trinajstić information content (AvgIpc) is 2.38. The molecule has 100 valence electrons. The Labute approximate surface area is 115 Å². The van der Waals surface area contributed by atoms with Gasteiger partial charge in [0.25, 0.3) is 0 Å². The molecule has 1 nitrogen and oxygen atoms in total. The van der Waals surface area contributed by atoms with Gasteiger partial charge in [0.15, 0.2) is 0 Å². The third-order valence-electron chi connectivity index (χ3n) is 3.84. The molecule has 0 amide bonds. The minimum atomic E-state index is -2.45. The molecule has 1 aliphatic rings. The van der Waals surface area contributed by atoms with E-state index < -0.39 is 5.92 Å². The molecule has 0 aliphatic heterocycles. The lowest BCUT2D eigenvalue weighted by Gasteiger charge is -2.33. The molecular weight excluding hydrogens is 300 g/mol. The van der Waals surface area contributed by atoms with Crippen LogP contribution in [0.4, 0.5) is 8.78 Å². The molecule has 1 fully saturated rings. The molecule has 2 rings (SSSR count). The zero-order valence-corrected chi connectivity index (χ0v) is 12.0. The number of aromatic nitrogens is 1. The molecule has 1 saturated carbocycles. The second-order valence-corrected chi connectivity index (χ2v) is 6.24. The molecular formula is C14H18BrF2N. The smallest absolute Gasteiger partial charge is 0.248 e. The summed E-state index contributed by atoms with van der Waals surface area (Å²) >= 11 is 3.69. The van der Waals surface area contributed by atoms with Crippen molar-refractivity contribution in [1.82, 2.24) is 4.98 Å². The number of alkyl halides is 3. The van der Waals surface area contributed by atoms with E-state index >= 15 is 0 Å². The number of halogens is 3. The predicted molar refractivity (Wildman–Crippen MR) is 72.3 cm³/mol. The minimum absolute atomic E-state index is 0.0225. The van der Waals surface area contributed by atoms with E-state index in [0.717, 1.165) is 5.69 Å². The summed E-state index contributed by atoms with van der Waals surface area (Å²) in [5.74, 6) is -1.87. The molecule has 0 N–H and O–H groups in total. The maximum absolute atomic E-state index is 13.1. The van der Waals surface area contributed by atoms with Gasteiger partial charge >= 0.3 is 0 Å². The molecule has 0 radical (unpaired) electrons. The predicted octanol–water partition coefficient (Wildman–Crippen LogP) is 4.77. The van der Waals surface area contributed by atoms with Gasteiger partial charge in [-0.3, -0.25) is 4.98 Å². The molecule has 1 aromatic rings. The molecule has 1 heterocycles. The lowest BCUT2D eigenvalue weighted by atomic mass is 9.80. The Morgan fingerprint density at radius 3 is 2.56 bits per heavy atom. The molecule has 4 heteroatoms. The summed E-state index contributed by atoms with van der Waals surface area (Å²) < 4.78 is 26.3. The summed E-state index contributed by atoms with van der Waals surface area (Å²) in [6, 6.07) is 5.85. The molecule has 1 aromatic heterocycles. The van der Waals surface area contributed by atoms with Crippen molar-refractivity contribution in [2.75, 3.05) is 0 Å². The van der Waals surface area contributed by atoms with Crippen LogP contribution in [-0.4, -0.2) is 15.7 Å². The molecule has 1 aliphatic carbocycles. The Bertz CT molecular complexity index is 373. The molecule has 0 bridgehead atoms. The van der Waals surface area contributed by atoms with Crippen LogP contribution in [0, 0.1) is 5.92 Å². The lowest BCUT2D eigenvalue weighted by Crippen LogP contribution is -2.31. The summed E-state index contributed by atoms with van der Waals surface area (Å²) in [5.41, 5.74) is 1.02. The summed E-state index contributed by atoms with van der Waals surface area (Å²) in [7, 11) is 0. The van der Waals surface area contributed by atoms with Gasteiger partial charge in [0.2, 0.25) is 5.92 Å². The van der Waals surface area contributed by atoms with Crippen molar-refractivity contribution in [1.29, 1.82) is 0 Å². The highest BCUT2D eigenvalue weighted by Gasteiger charge is 2.38. The van der Waals surface area contributed by atoms with Crippen molar-refractivity contribution in [2.45, 2.75) is 49.3 Å². The maximum Gasteiger partial charge on any atom is 0.248 e. The summed E-state index contributed by atoms with van der Waals surface area (Å²) in [6.07, 6.45) is 3.02. The van der Waals surface area contributed by atoms with Crippen molar-refractivity contribution >= 4 is 15.9 Å². The first kappa shape index (κ1) is 13.9. The number of hydrogen-bond acceptors (Lipinski definition) is 1. The highest BCUT2D eigenvalue weighted by atomic mass is 79.9. The van der Waals surface area contributed by atoms with Crippen LogP contribution >= 0.6 is 15.9 Å². The third-order valence-corrected chi connectivity index (χ3v) is 5.38. The normalized spacial score (nSPS) is 23.6. The Kier molecular flexibility index (Phi) is 4.36. The first-order valence-electron chi connectivity index (χ1n) is 6.42. The van der Waals surface area contributed by atoms with Crippen LogP contribution in [0.5, 0.6) is 0 Å². The topological polar surface area (TPSA) is 12.9 Å². The molecule has 0 spiro atoms. The minimum Gasteiger partial charge on any atom is -0.261 e. The van der Waals surface area contributed by atoms with Crippen molar-refractivity contribution in [3.8, 4) is 0 Å². The van der Waals surface area contributed by atoms with Crippen LogP contribution in [0.3, 0.4) is 0 Å². The fraction of sp³-hybridized carbons (Fsp3) is 0.643. The van der Waals surface area contributed by atoms with Gasteiger partial charge in [-0.15, -0.1) is 0 Å². The van der Waals surface area contributed by atoms with Gasteiger partial charge in [-0.05, 0) is 30.9 Å². The Morgan fingerprint density at radius 2 is 2.00 bits per heavy atom. The third kappa shape index (κ3) is 3.28. The number of hydrogen-bond donors (Lipinski definition) is 0. The molecule has 0 saturated heterocycles. The zero-order chi connectivity index (χ0) is 13.2. The number of nitrogens with zero attached hydrogens (tertiary/aromatic N) is 1. The van der Waals surface area contributed by atoms with E-state index in [1.807, 2.05) is 18.2 Å². The first-order chi connectivity index (χ1) is 8.49. The Morgan fingerprint density at radius 1 is 1.33 bits per heavy atom. The van der Waals surface area contributed by atoms with Crippen molar-refractivity contribution in [3.63, 3.8) is 0 Å². The highest BCUT2D eigenvalue weighted by Crippen LogP contribution is 2.42. The molecule has 18 heavy (non-hydrogen) atoms. The first-order valence-corrected chi connectivity index (χ1v) is 7.34. The van der Waals surface area contributed by atoms with Crippen LogP contribution in [0.15, 0.2) is 24.4 Å². The van der Waals surface area contributed by atoms with E-state index in [9.17, 15) is 8.78 Å². The monoisotopic (exact) mass is 317 g/mol. The summed E-state index contributed by atoms with van der Waals surface area (Å²) in [6.45, 7) is 2.11. The fourth-order valence-electron chi connectivity index (χ4n) is 2.60. The number of pyridine rings is 1. The van der Waals surface area contributed by atoms with Crippen LogP contribution < -0.4 is 0 Å². The summed E-state index contributed by atoms with van der Waals surface area (Å²) in [5, 5.41) is 0. The van der Waals surface area contributed by atoms with Crippen LogP contribution in [0.2, 0.25) is 0 Å². The van der Waals surface area contributed by atoms with E-state index in [-0.39, 0.29) is 23.6 Å². The average molecular weight is 318 g/mol. The van der Waals surface area contributed by atoms with E-state index in [2.05, 4.69) is 27.8 Å². The quantitative estimate of drug-likeness (QED) is 0.731. The van der Waals surface area contributed by atoms with Gasteiger partial charge in [0.1, 0.15) is 0 Å². The molecule has 2 unspecified atom stereocenters. The van der Waals surface area contributed by atoms with E-state index in [0.29, 0.717) is 18.8 Å². The van der Waals surface area contributed by atoms with E-state index in [1.165, 1.54) is 0 Å². The second-order valence-electron chi connectivity index (χ2n) is 5.18. The zero-order valence-electron chi connectivity index (χ0n) is 10.5. The maximum atomic E-state index is 13.1. The highest BCUT2D eigenvalue weighted by molar-refractivity contribution is 9.09. The van der Waals surface area contributed by atoms with Gasteiger partial charge in [0, 0.05) is 35.5 Å². The number of rotatable bonds is 3. The van der Waals surface area contributed by atoms with Crippen LogP contribution in [0.25, 0.3) is 0 Å². The Hall–Kier alpha value is -0.510. The SMILES string of the molecule is CC(c1ccccn1)C(Br)C1CCC(F)(F)CC1. The lowest BCUT2D eigenvalue weighted by molar-refractivity contribution is -0.0461. The van der Waals surface area contributed by atoms with Crippen molar-refractivity contribution in [3.05, 3.63) is 30.1 Å². The molecule has 2 atom stereocenters. The van der Waals surface area contributed by atoms with Gasteiger partial charge in [-0.2, -0.15) is 0 Å². The van der Waals surface area contributed by atoms with Gasteiger partial charge in [-0.25, -0.2) is 8.78 Å².